The van der Waals surface area contributed by atoms with E-state index in [-0.39, 0.29) is 0 Å². The van der Waals surface area contributed by atoms with Gasteiger partial charge in [0.25, 0.3) is 0 Å². The zero-order chi connectivity index (χ0) is 16.3. The molecule has 2 rings (SSSR count). The summed E-state index contributed by atoms with van der Waals surface area (Å²) in [5.74, 6) is 2.57. The maximum absolute atomic E-state index is 4.55. The maximum Gasteiger partial charge on any atom is 0.109 e. The zero-order valence-corrected chi connectivity index (χ0v) is 14.8. The van der Waals surface area contributed by atoms with Crippen LogP contribution < -0.4 is 0 Å². The van der Waals surface area contributed by atoms with E-state index in [0.717, 1.165) is 18.7 Å². The number of nitrogens with zero attached hydrogens (tertiary/aromatic N) is 3. The lowest BCUT2D eigenvalue weighted by atomic mass is 9.96. The molecule has 4 nitrogen and oxygen atoms in total. The molecular weight excluding hydrogens is 272 g/mol. The Hall–Kier alpha value is -1.58. The van der Waals surface area contributed by atoms with Crippen molar-refractivity contribution in [1.29, 1.82) is 0 Å². The lowest BCUT2D eigenvalue weighted by molar-refractivity contribution is 0.549. The van der Waals surface area contributed by atoms with E-state index in [1.807, 2.05) is 12.5 Å². The number of rotatable bonds is 7. The first kappa shape index (κ1) is 16.8. The molecular formula is C18H30N4. The molecule has 122 valence electrons. The average Bonchev–Trinajstić information content (AvgIpc) is 3.12. The third-order valence-corrected chi connectivity index (χ3v) is 4.46. The Morgan fingerprint density at radius 1 is 1.00 bits per heavy atom. The molecule has 2 heterocycles. The molecule has 0 aliphatic heterocycles. The molecule has 0 saturated heterocycles. The van der Waals surface area contributed by atoms with Crippen molar-refractivity contribution in [2.45, 2.75) is 78.2 Å². The highest BCUT2D eigenvalue weighted by molar-refractivity contribution is 5.09. The number of H-pyrrole nitrogens is 1. The fourth-order valence-corrected chi connectivity index (χ4v) is 2.57. The van der Waals surface area contributed by atoms with Crippen molar-refractivity contribution >= 4 is 0 Å². The smallest absolute Gasteiger partial charge is 0.109 e. The van der Waals surface area contributed by atoms with Crippen molar-refractivity contribution in [2.75, 3.05) is 0 Å². The Labute approximate surface area is 134 Å². The van der Waals surface area contributed by atoms with Crippen LogP contribution in [0.5, 0.6) is 0 Å². The molecule has 0 spiro atoms. The minimum atomic E-state index is 0.460. The molecule has 0 aliphatic carbocycles. The van der Waals surface area contributed by atoms with Crippen LogP contribution in [0.15, 0.2) is 18.7 Å². The Morgan fingerprint density at radius 3 is 2.23 bits per heavy atom. The van der Waals surface area contributed by atoms with Crippen molar-refractivity contribution in [3.05, 3.63) is 35.9 Å². The topological polar surface area (TPSA) is 46.5 Å². The Balaban J connectivity index is 1.90. The molecule has 22 heavy (non-hydrogen) atoms. The summed E-state index contributed by atoms with van der Waals surface area (Å²) < 4.78 is 2.18. The summed E-state index contributed by atoms with van der Waals surface area (Å²) in [7, 11) is 0. The van der Waals surface area contributed by atoms with Gasteiger partial charge in [0.2, 0.25) is 0 Å². The standard InChI is InChI=1S/C18H30N4/c1-12(2)16-9-19-18(21-16)15(6)8-7-14(5)17-10-22(11-20-17)13(3)4/h9-15H,7-8H2,1-6H3,(H,19,21). The molecule has 0 fully saturated rings. The van der Waals surface area contributed by atoms with Crippen LogP contribution in [0.1, 0.15) is 95.4 Å². The van der Waals surface area contributed by atoms with Crippen molar-refractivity contribution in [1.82, 2.24) is 19.5 Å². The van der Waals surface area contributed by atoms with Crippen LogP contribution >= 0.6 is 0 Å². The fraction of sp³-hybridized carbons (Fsp3) is 0.667. The van der Waals surface area contributed by atoms with Crippen LogP contribution in [0.4, 0.5) is 0 Å². The van der Waals surface area contributed by atoms with Crippen LogP contribution in [0, 0.1) is 0 Å². The van der Waals surface area contributed by atoms with Gasteiger partial charge in [-0.15, -0.1) is 0 Å². The van der Waals surface area contributed by atoms with Gasteiger partial charge in [-0.1, -0.05) is 27.7 Å². The number of hydrogen-bond donors (Lipinski definition) is 1. The van der Waals surface area contributed by atoms with E-state index in [4.69, 9.17) is 0 Å². The second kappa shape index (κ2) is 7.12. The van der Waals surface area contributed by atoms with Crippen LogP contribution in [0.25, 0.3) is 0 Å². The van der Waals surface area contributed by atoms with Crippen LogP contribution in [-0.2, 0) is 0 Å². The third-order valence-electron chi connectivity index (χ3n) is 4.46. The minimum absolute atomic E-state index is 0.460. The maximum atomic E-state index is 4.55. The predicted molar refractivity (Wildman–Crippen MR) is 91.4 cm³/mol. The lowest BCUT2D eigenvalue weighted by Gasteiger charge is -2.13. The minimum Gasteiger partial charge on any atom is -0.345 e. The number of aromatic nitrogens is 4. The van der Waals surface area contributed by atoms with E-state index in [2.05, 4.69) is 67.3 Å². The summed E-state index contributed by atoms with van der Waals surface area (Å²) in [6.45, 7) is 13.3. The third kappa shape index (κ3) is 3.99. The largest absolute Gasteiger partial charge is 0.345 e. The molecule has 4 heteroatoms. The summed E-state index contributed by atoms with van der Waals surface area (Å²) in [4.78, 5) is 12.6. The van der Waals surface area contributed by atoms with Crippen molar-refractivity contribution in [3.8, 4) is 0 Å². The first-order chi connectivity index (χ1) is 10.4. The van der Waals surface area contributed by atoms with E-state index in [0.29, 0.717) is 23.8 Å². The van der Waals surface area contributed by atoms with E-state index < -0.39 is 0 Å². The van der Waals surface area contributed by atoms with Gasteiger partial charge in [0.05, 0.1) is 12.0 Å². The number of nitrogens with one attached hydrogen (secondary N) is 1. The summed E-state index contributed by atoms with van der Waals surface area (Å²) in [5, 5.41) is 0. The van der Waals surface area contributed by atoms with Gasteiger partial charge >= 0.3 is 0 Å². The Bertz CT molecular complexity index is 527. The molecule has 2 atom stereocenters. The van der Waals surface area contributed by atoms with E-state index in [1.54, 1.807) is 0 Å². The monoisotopic (exact) mass is 302 g/mol. The highest BCUT2D eigenvalue weighted by Gasteiger charge is 2.15. The van der Waals surface area contributed by atoms with Crippen LogP contribution in [0.2, 0.25) is 0 Å². The van der Waals surface area contributed by atoms with Gasteiger partial charge in [0.1, 0.15) is 5.82 Å². The lowest BCUT2D eigenvalue weighted by Crippen LogP contribution is -2.01. The molecule has 0 aliphatic rings. The summed E-state index contributed by atoms with van der Waals surface area (Å²) >= 11 is 0. The molecule has 2 aromatic rings. The first-order valence-electron chi connectivity index (χ1n) is 8.46. The molecule has 1 N–H and O–H groups in total. The van der Waals surface area contributed by atoms with E-state index in [9.17, 15) is 0 Å². The molecule has 2 unspecified atom stereocenters. The van der Waals surface area contributed by atoms with Gasteiger partial charge in [-0.05, 0) is 38.5 Å². The molecule has 0 aromatic carbocycles. The fourth-order valence-electron chi connectivity index (χ4n) is 2.57. The van der Waals surface area contributed by atoms with E-state index >= 15 is 0 Å². The van der Waals surface area contributed by atoms with E-state index in [1.165, 1.54) is 11.4 Å². The molecule has 0 bridgehead atoms. The van der Waals surface area contributed by atoms with Gasteiger partial charge in [0.15, 0.2) is 0 Å². The summed E-state index contributed by atoms with van der Waals surface area (Å²) in [5.41, 5.74) is 2.42. The van der Waals surface area contributed by atoms with Gasteiger partial charge in [-0.25, -0.2) is 9.97 Å². The first-order valence-corrected chi connectivity index (χ1v) is 8.46. The second-order valence-electron chi connectivity index (χ2n) is 7.10. The molecule has 0 amide bonds. The average molecular weight is 302 g/mol. The highest BCUT2D eigenvalue weighted by atomic mass is 15.1. The molecule has 0 radical (unpaired) electrons. The Kier molecular flexibility index (Phi) is 5.43. The number of hydrogen-bond acceptors (Lipinski definition) is 2. The van der Waals surface area contributed by atoms with Crippen LogP contribution in [0.3, 0.4) is 0 Å². The predicted octanol–water partition coefficient (Wildman–Crippen LogP) is 5.00. The molecule has 0 saturated carbocycles. The number of aromatic amines is 1. The zero-order valence-electron chi connectivity index (χ0n) is 14.8. The Morgan fingerprint density at radius 2 is 1.68 bits per heavy atom. The van der Waals surface area contributed by atoms with Gasteiger partial charge in [0, 0.05) is 30.0 Å². The normalized spacial score (nSPS) is 14.7. The number of imidazole rings is 2. The summed E-state index contributed by atoms with van der Waals surface area (Å²) in [6, 6.07) is 0.477. The summed E-state index contributed by atoms with van der Waals surface area (Å²) in [6.07, 6.45) is 8.37. The second-order valence-corrected chi connectivity index (χ2v) is 7.10. The van der Waals surface area contributed by atoms with Gasteiger partial charge in [-0.2, -0.15) is 0 Å². The van der Waals surface area contributed by atoms with Gasteiger partial charge < -0.3 is 9.55 Å². The van der Waals surface area contributed by atoms with Crippen molar-refractivity contribution < 1.29 is 0 Å². The van der Waals surface area contributed by atoms with Crippen LogP contribution in [-0.4, -0.2) is 19.5 Å². The molecule has 2 aromatic heterocycles. The SMILES string of the molecule is CC(C)c1cnc(C(C)CCC(C)c2cn(C(C)C)cn2)[nH]1. The van der Waals surface area contributed by atoms with Gasteiger partial charge in [-0.3, -0.25) is 0 Å². The van der Waals surface area contributed by atoms with Crippen molar-refractivity contribution in [2.24, 2.45) is 0 Å². The highest BCUT2D eigenvalue weighted by Crippen LogP contribution is 2.26. The van der Waals surface area contributed by atoms with Crippen molar-refractivity contribution in [3.63, 3.8) is 0 Å². The quantitative estimate of drug-likeness (QED) is 0.782.